The van der Waals surface area contributed by atoms with E-state index in [0.29, 0.717) is 15.7 Å². The summed E-state index contributed by atoms with van der Waals surface area (Å²) in [5, 5.41) is 11.3. The van der Waals surface area contributed by atoms with Gasteiger partial charge in [-0.05, 0) is 45.8 Å². The Morgan fingerprint density at radius 2 is 2.00 bits per heavy atom. The fourth-order valence-corrected chi connectivity index (χ4v) is 2.20. The molecular formula is C15H9BrF2N2O. The van der Waals surface area contributed by atoms with E-state index in [9.17, 15) is 13.6 Å². The molecule has 2 rings (SSSR count). The second-order valence-electron chi connectivity index (χ2n) is 4.27. The molecule has 0 saturated carbocycles. The smallest absolute Gasteiger partial charge is 0.228 e. The molecule has 2 aromatic carbocycles. The summed E-state index contributed by atoms with van der Waals surface area (Å²) in [6.45, 7) is 0. The van der Waals surface area contributed by atoms with Crippen molar-refractivity contribution >= 4 is 27.5 Å². The Hall–Kier alpha value is -2.26. The lowest BCUT2D eigenvalue weighted by molar-refractivity contribution is -0.115. The van der Waals surface area contributed by atoms with Crippen LogP contribution in [0, 0.1) is 23.0 Å². The molecule has 0 spiro atoms. The van der Waals surface area contributed by atoms with Crippen molar-refractivity contribution in [2.24, 2.45) is 0 Å². The van der Waals surface area contributed by atoms with E-state index in [1.807, 2.05) is 6.07 Å². The Morgan fingerprint density at radius 3 is 2.62 bits per heavy atom. The second kappa shape index (κ2) is 6.46. The first-order chi connectivity index (χ1) is 9.99. The number of rotatable bonds is 3. The average molecular weight is 351 g/mol. The lowest BCUT2D eigenvalue weighted by Crippen LogP contribution is -2.15. The molecule has 0 aliphatic carbocycles. The fraction of sp³-hybridized carbons (Fsp3) is 0.0667. The lowest BCUT2D eigenvalue weighted by Gasteiger charge is -2.08. The van der Waals surface area contributed by atoms with Crippen LogP contribution in [0.5, 0.6) is 0 Å². The lowest BCUT2D eigenvalue weighted by atomic mass is 10.1. The van der Waals surface area contributed by atoms with E-state index < -0.39 is 17.5 Å². The van der Waals surface area contributed by atoms with Crippen molar-refractivity contribution in [2.45, 2.75) is 6.42 Å². The summed E-state index contributed by atoms with van der Waals surface area (Å²) in [6.07, 6.45) is -0.210. The number of carbonyl (C=O) groups is 1. The summed E-state index contributed by atoms with van der Waals surface area (Å²) >= 11 is 3.24. The van der Waals surface area contributed by atoms with Crippen LogP contribution in [0.4, 0.5) is 14.5 Å². The van der Waals surface area contributed by atoms with Gasteiger partial charge in [0.1, 0.15) is 11.6 Å². The molecule has 6 heteroatoms. The van der Waals surface area contributed by atoms with Crippen LogP contribution in [-0.4, -0.2) is 5.91 Å². The monoisotopic (exact) mass is 350 g/mol. The molecule has 21 heavy (non-hydrogen) atoms. The van der Waals surface area contributed by atoms with E-state index in [-0.39, 0.29) is 12.0 Å². The van der Waals surface area contributed by atoms with Gasteiger partial charge in [0.25, 0.3) is 0 Å². The third-order valence-corrected chi connectivity index (χ3v) is 3.39. The number of anilines is 1. The highest BCUT2D eigenvalue weighted by Gasteiger charge is 2.11. The van der Waals surface area contributed by atoms with Crippen LogP contribution < -0.4 is 5.32 Å². The molecule has 0 saturated heterocycles. The maximum Gasteiger partial charge on any atom is 0.228 e. The molecule has 0 atom stereocenters. The Morgan fingerprint density at radius 1 is 1.24 bits per heavy atom. The zero-order chi connectivity index (χ0) is 15.4. The number of nitriles is 1. The molecule has 0 heterocycles. The number of halogens is 3. The van der Waals surface area contributed by atoms with Crippen LogP contribution in [0.15, 0.2) is 40.9 Å². The summed E-state index contributed by atoms with van der Waals surface area (Å²) < 4.78 is 26.8. The van der Waals surface area contributed by atoms with Gasteiger partial charge in [-0.3, -0.25) is 4.79 Å². The molecular weight excluding hydrogens is 342 g/mol. The van der Waals surface area contributed by atoms with Crippen LogP contribution in [0.2, 0.25) is 0 Å². The van der Waals surface area contributed by atoms with E-state index >= 15 is 0 Å². The van der Waals surface area contributed by atoms with E-state index in [1.54, 1.807) is 18.2 Å². The minimum Gasteiger partial charge on any atom is -0.325 e. The number of nitrogens with one attached hydrogen (secondary N) is 1. The number of nitrogens with zero attached hydrogens (tertiary/aromatic N) is 1. The van der Waals surface area contributed by atoms with Crippen molar-refractivity contribution < 1.29 is 13.6 Å². The van der Waals surface area contributed by atoms with Gasteiger partial charge in [0, 0.05) is 10.5 Å². The molecule has 0 aliphatic rings. The topological polar surface area (TPSA) is 52.9 Å². The molecule has 0 aromatic heterocycles. The van der Waals surface area contributed by atoms with Crippen LogP contribution in [0.25, 0.3) is 0 Å². The van der Waals surface area contributed by atoms with Gasteiger partial charge < -0.3 is 5.32 Å². The quantitative estimate of drug-likeness (QED) is 0.915. The Balaban J connectivity index is 2.10. The molecule has 1 N–H and O–H groups in total. The van der Waals surface area contributed by atoms with Crippen molar-refractivity contribution in [3.8, 4) is 6.07 Å². The molecule has 0 fully saturated rings. The first kappa shape index (κ1) is 15.1. The second-order valence-corrected chi connectivity index (χ2v) is 5.12. The minimum absolute atomic E-state index is 0.110. The van der Waals surface area contributed by atoms with Crippen molar-refractivity contribution in [1.29, 1.82) is 5.26 Å². The average Bonchev–Trinajstić information content (AvgIpc) is 2.44. The third-order valence-electron chi connectivity index (χ3n) is 2.74. The van der Waals surface area contributed by atoms with E-state index in [0.717, 1.165) is 12.1 Å². The summed E-state index contributed by atoms with van der Waals surface area (Å²) in [5.74, 6) is -1.89. The highest BCUT2D eigenvalue weighted by molar-refractivity contribution is 9.10. The maximum atomic E-state index is 13.5. The SMILES string of the molecule is N#Cc1ccc(NC(=O)Cc2ccc(F)cc2F)c(Br)c1. The van der Waals surface area contributed by atoms with Crippen LogP contribution >= 0.6 is 15.9 Å². The minimum atomic E-state index is -0.760. The largest absolute Gasteiger partial charge is 0.325 e. The predicted molar refractivity (Wildman–Crippen MR) is 77.5 cm³/mol. The fourth-order valence-electron chi connectivity index (χ4n) is 1.72. The molecule has 2 aromatic rings. The molecule has 1 amide bonds. The summed E-state index contributed by atoms with van der Waals surface area (Å²) in [6, 6.07) is 9.73. The van der Waals surface area contributed by atoms with Gasteiger partial charge in [-0.1, -0.05) is 6.07 Å². The van der Waals surface area contributed by atoms with Crippen molar-refractivity contribution in [3.63, 3.8) is 0 Å². The molecule has 0 aliphatic heterocycles. The van der Waals surface area contributed by atoms with E-state index in [1.165, 1.54) is 6.07 Å². The number of hydrogen-bond acceptors (Lipinski definition) is 2. The first-order valence-corrected chi connectivity index (χ1v) is 6.72. The number of hydrogen-bond donors (Lipinski definition) is 1. The highest BCUT2D eigenvalue weighted by atomic mass is 79.9. The maximum absolute atomic E-state index is 13.5. The zero-order valence-electron chi connectivity index (χ0n) is 10.7. The Bertz CT molecular complexity index is 741. The normalized spacial score (nSPS) is 10.0. The number of amides is 1. The van der Waals surface area contributed by atoms with Gasteiger partial charge >= 0.3 is 0 Å². The van der Waals surface area contributed by atoms with Gasteiger partial charge in [0.2, 0.25) is 5.91 Å². The van der Waals surface area contributed by atoms with Crippen LogP contribution in [0.3, 0.4) is 0 Å². The molecule has 0 bridgehead atoms. The van der Waals surface area contributed by atoms with Crippen molar-refractivity contribution in [2.75, 3.05) is 5.32 Å². The third kappa shape index (κ3) is 3.86. The van der Waals surface area contributed by atoms with E-state index in [4.69, 9.17) is 5.26 Å². The molecule has 0 radical (unpaired) electrons. The summed E-state index contributed by atoms with van der Waals surface area (Å²) in [5.41, 5.74) is 1.03. The summed E-state index contributed by atoms with van der Waals surface area (Å²) in [4.78, 5) is 11.9. The van der Waals surface area contributed by atoms with E-state index in [2.05, 4.69) is 21.2 Å². The zero-order valence-corrected chi connectivity index (χ0v) is 12.2. The number of carbonyl (C=O) groups excluding carboxylic acids is 1. The molecule has 0 unspecified atom stereocenters. The first-order valence-electron chi connectivity index (χ1n) is 5.93. The van der Waals surface area contributed by atoms with Gasteiger partial charge in [-0.25, -0.2) is 8.78 Å². The van der Waals surface area contributed by atoms with Crippen LogP contribution in [0.1, 0.15) is 11.1 Å². The highest BCUT2D eigenvalue weighted by Crippen LogP contribution is 2.23. The molecule has 3 nitrogen and oxygen atoms in total. The Labute approximate surface area is 128 Å². The van der Waals surface area contributed by atoms with Crippen LogP contribution in [-0.2, 0) is 11.2 Å². The van der Waals surface area contributed by atoms with Gasteiger partial charge in [0.05, 0.1) is 23.7 Å². The Kier molecular flexibility index (Phi) is 4.66. The van der Waals surface area contributed by atoms with Crippen molar-refractivity contribution in [1.82, 2.24) is 0 Å². The number of benzene rings is 2. The van der Waals surface area contributed by atoms with Gasteiger partial charge in [-0.2, -0.15) is 5.26 Å². The summed E-state index contributed by atoms with van der Waals surface area (Å²) in [7, 11) is 0. The van der Waals surface area contributed by atoms with Gasteiger partial charge in [-0.15, -0.1) is 0 Å². The predicted octanol–water partition coefficient (Wildman–Crippen LogP) is 3.78. The van der Waals surface area contributed by atoms with Gasteiger partial charge in [0.15, 0.2) is 0 Å². The molecule has 106 valence electrons. The standard InChI is InChI=1S/C15H9BrF2N2O/c16-12-5-9(8-19)1-4-14(12)20-15(21)6-10-2-3-11(17)7-13(10)18/h1-5,7H,6H2,(H,20,21). The van der Waals surface area contributed by atoms with Crippen molar-refractivity contribution in [3.05, 3.63) is 63.6 Å².